The van der Waals surface area contributed by atoms with Gasteiger partial charge in [0.05, 0.1) is 0 Å². The summed E-state index contributed by atoms with van der Waals surface area (Å²) in [4.78, 5) is 29.0. The Balaban J connectivity index is 1.46. The monoisotopic (exact) mass is 399 g/mol. The Morgan fingerprint density at radius 1 is 1.07 bits per heavy atom. The Bertz CT molecular complexity index is 732. The molecule has 0 saturated carbocycles. The molecule has 3 amide bonds. The number of nitrogens with zero attached hydrogens (tertiary/aromatic N) is 2. The summed E-state index contributed by atoms with van der Waals surface area (Å²) in [5, 5.41) is 12.6. The van der Waals surface area contributed by atoms with Crippen molar-refractivity contribution in [3.05, 3.63) is 35.9 Å². The average molecular weight is 400 g/mol. The zero-order valence-corrected chi connectivity index (χ0v) is 17.6. The number of piperidine rings is 1. The van der Waals surface area contributed by atoms with Crippen LogP contribution in [0.4, 0.5) is 4.79 Å². The van der Waals surface area contributed by atoms with Crippen molar-refractivity contribution in [3.8, 4) is 5.75 Å². The van der Waals surface area contributed by atoms with Crippen LogP contribution in [-0.4, -0.2) is 59.1 Å². The first-order valence-corrected chi connectivity index (χ1v) is 10.8. The van der Waals surface area contributed by atoms with Gasteiger partial charge in [0.15, 0.2) is 0 Å². The number of likely N-dealkylation sites (tertiary alicyclic amines) is 1. The molecule has 3 rings (SSSR count). The van der Waals surface area contributed by atoms with Crippen molar-refractivity contribution in [2.45, 2.75) is 52.0 Å². The Hall–Kier alpha value is -2.50. The smallest absolute Gasteiger partial charge is 0.317 e. The molecule has 2 aliphatic rings. The fourth-order valence-corrected chi connectivity index (χ4v) is 4.20. The predicted octanol–water partition coefficient (Wildman–Crippen LogP) is 3.62. The van der Waals surface area contributed by atoms with E-state index in [2.05, 4.69) is 25.2 Å². The molecule has 1 saturated heterocycles. The lowest BCUT2D eigenvalue weighted by molar-refractivity contribution is -0.136. The molecule has 0 spiro atoms. The molecule has 1 aromatic rings. The molecule has 6 heteroatoms. The maximum absolute atomic E-state index is 12.6. The third-order valence-electron chi connectivity index (χ3n) is 6.20. The lowest BCUT2D eigenvalue weighted by Crippen LogP contribution is -2.51. The lowest BCUT2D eigenvalue weighted by Gasteiger charge is -2.35. The molecule has 0 aliphatic carbocycles. The molecular weight excluding hydrogens is 366 g/mol. The number of carbonyl (C=O) groups is 2. The van der Waals surface area contributed by atoms with Gasteiger partial charge in [-0.1, -0.05) is 32.1 Å². The van der Waals surface area contributed by atoms with Gasteiger partial charge < -0.3 is 20.2 Å². The van der Waals surface area contributed by atoms with Gasteiger partial charge in [-0.05, 0) is 55.4 Å². The first-order valence-electron chi connectivity index (χ1n) is 10.8. The van der Waals surface area contributed by atoms with Gasteiger partial charge in [0.2, 0.25) is 5.91 Å². The second-order valence-electron chi connectivity index (χ2n) is 8.03. The number of aromatic hydroxyl groups is 1. The molecule has 1 aromatic carbocycles. The number of phenolic OH excluding ortho intramolecular Hbond substituents is 1. The highest BCUT2D eigenvalue weighted by Gasteiger charge is 2.28. The summed E-state index contributed by atoms with van der Waals surface area (Å²) in [6.45, 7) is 6.87. The van der Waals surface area contributed by atoms with Gasteiger partial charge in [-0.2, -0.15) is 0 Å². The average Bonchev–Trinajstić information content (AvgIpc) is 2.75. The van der Waals surface area contributed by atoms with Crippen molar-refractivity contribution < 1.29 is 14.7 Å². The second-order valence-corrected chi connectivity index (χ2v) is 8.03. The lowest BCUT2D eigenvalue weighted by atomic mass is 9.98. The van der Waals surface area contributed by atoms with Crippen LogP contribution in [0.15, 0.2) is 30.3 Å². The first kappa shape index (κ1) is 21.2. The fraction of sp³-hybridized carbons (Fsp3) is 0.565. The van der Waals surface area contributed by atoms with E-state index in [1.54, 1.807) is 12.1 Å². The van der Waals surface area contributed by atoms with E-state index in [1.807, 2.05) is 21.9 Å². The molecule has 0 unspecified atom stereocenters. The molecule has 158 valence electrons. The van der Waals surface area contributed by atoms with Crippen molar-refractivity contribution in [1.29, 1.82) is 0 Å². The molecule has 0 atom stereocenters. The van der Waals surface area contributed by atoms with Crippen LogP contribution in [0.2, 0.25) is 0 Å². The van der Waals surface area contributed by atoms with Crippen LogP contribution in [-0.2, 0) is 4.79 Å². The molecule has 1 fully saturated rings. The maximum Gasteiger partial charge on any atom is 0.317 e. The van der Waals surface area contributed by atoms with Gasteiger partial charge >= 0.3 is 6.03 Å². The van der Waals surface area contributed by atoms with Gasteiger partial charge in [0, 0.05) is 38.1 Å². The quantitative estimate of drug-likeness (QED) is 0.794. The Labute approximate surface area is 173 Å². The molecule has 6 nitrogen and oxygen atoms in total. The van der Waals surface area contributed by atoms with E-state index in [1.165, 1.54) is 5.57 Å². The number of hydrogen-bond acceptors (Lipinski definition) is 3. The summed E-state index contributed by atoms with van der Waals surface area (Å²) in [6.07, 6.45) is 6.31. The number of phenols is 1. The van der Waals surface area contributed by atoms with Gasteiger partial charge in [0.1, 0.15) is 5.75 Å². The van der Waals surface area contributed by atoms with Gasteiger partial charge in [-0.25, -0.2) is 4.79 Å². The standard InChI is InChI=1S/C23H33N3O3/c1-3-17(4-2)22(28)25-15-11-20(12-16-25)24-23(29)26-13-9-19(10-14-26)18-5-7-21(27)8-6-18/h5-9,17,20,27H,3-4,10-16H2,1-2H3,(H,24,29). The number of amides is 3. The first-order chi connectivity index (χ1) is 14.0. The van der Waals surface area contributed by atoms with E-state index in [0.29, 0.717) is 13.1 Å². The van der Waals surface area contributed by atoms with Crippen LogP contribution in [0.1, 0.15) is 51.5 Å². The van der Waals surface area contributed by atoms with Crippen molar-refractivity contribution in [1.82, 2.24) is 15.1 Å². The molecule has 2 aliphatic heterocycles. The largest absolute Gasteiger partial charge is 0.508 e. The van der Waals surface area contributed by atoms with Crippen molar-refractivity contribution in [2.24, 2.45) is 5.92 Å². The van der Waals surface area contributed by atoms with Crippen molar-refractivity contribution in [3.63, 3.8) is 0 Å². The topological polar surface area (TPSA) is 72.9 Å². The number of rotatable bonds is 5. The molecule has 0 aromatic heterocycles. The number of benzene rings is 1. The van der Waals surface area contributed by atoms with Crippen LogP contribution < -0.4 is 5.32 Å². The van der Waals surface area contributed by atoms with E-state index in [9.17, 15) is 14.7 Å². The van der Waals surface area contributed by atoms with Crippen LogP contribution in [0.25, 0.3) is 5.57 Å². The number of nitrogens with one attached hydrogen (secondary N) is 1. The van der Waals surface area contributed by atoms with Crippen molar-refractivity contribution >= 4 is 17.5 Å². The van der Waals surface area contributed by atoms with Gasteiger partial charge in [-0.3, -0.25) is 4.79 Å². The molecule has 0 radical (unpaired) electrons. The Morgan fingerprint density at radius 3 is 2.28 bits per heavy atom. The zero-order valence-electron chi connectivity index (χ0n) is 17.6. The highest BCUT2D eigenvalue weighted by Crippen LogP contribution is 2.24. The van der Waals surface area contributed by atoms with E-state index >= 15 is 0 Å². The predicted molar refractivity (Wildman–Crippen MR) is 114 cm³/mol. The summed E-state index contributed by atoms with van der Waals surface area (Å²) >= 11 is 0. The maximum atomic E-state index is 12.6. The minimum absolute atomic E-state index is 0.0178. The number of hydrogen-bond donors (Lipinski definition) is 2. The van der Waals surface area contributed by atoms with E-state index in [0.717, 1.165) is 50.8 Å². The highest BCUT2D eigenvalue weighted by atomic mass is 16.3. The van der Waals surface area contributed by atoms with Crippen molar-refractivity contribution in [2.75, 3.05) is 26.2 Å². The summed E-state index contributed by atoms with van der Waals surface area (Å²) in [5.41, 5.74) is 2.31. The fourth-order valence-electron chi connectivity index (χ4n) is 4.20. The molecular formula is C23H33N3O3. The summed E-state index contributed by atoms with van der Waals surface area (Å²) in [7, 11) is 0. The van der Waals surface area contributed by atoms with E-state index in [-0.39, 0.29) is 29.6 Å². The molecule has 2 N–H and O–H groups in total. The third kappa shape index (κ3) is 5.31. The minimum atomic E-state index is -0.0178. The van der Waals surface area contributed by atoms with Crippen LogP contribution in [0, 0.1) is 5.92 Å². The normalized spacial score (nSPS) is 18.0. The minimum Gasteiger partial charge on any atom is -0.508 e. The molecule has 0 bridgehead atoms. The Morgan fingerprint density at radius 2 is 1.72 bits per heavy atom. The molecule has 29 heavy (non-hydrogen) atoms. The SMILES string of the molecule is CCC(CC)C(=O)N1CCC(NC(=O)N2CC=C(c3ccc(O)cc3)CC2)CC1. The second kappa shape index (κ2) is 9.81. The third-order valence-corrected chi connectivity index (χ3v) is 6.20. The number of carbonyl (C=O) groups excluding carboxylic acids is 2. The van der Waals surface area contributed by atoms with E-state index in [4.69, 9.17) is 0 Å². The Kier molecular flexibility index (Phi) is 7.18. The molecule has 2 heterocycles. The zero-order chi connectivity index (χ0) is 20.8. The summed E-state index contributed by atoms with van der Waals surface area (Å²) in [5.74, 6) is 0.658. The van der Waals surface area contributed by atoms with E-state index < -0.39 is 0 Å². The van der Waals surface area contributed by atoms with Crippen LogP contribution >= 0.6 is 0 Å². The van der Waals surface area contributed by atoms with Gasteiger partial charge in [-0.15, -0.1) is 0 Å². The number of urea groups is 1. The summed E-state index contributed by atoms with van der Waals surface area (Å²) < 4.78 is 0. The van der Waals surface area contributed by atoms with Crippen LogP contribution in [0.3, 0.4) is 0 Å². The summed E-state index contributed by atoms with van der Waals surface area (Å²) in [6, 6.07) is 7.32. The van der Waals surface area contributed by atoms with Crippen LogP contribution in [0.5, 0.6) is 5.75 Å². The highest BCUT2D eigenvalue weighted by molar-refractivity contribution is 5.79. The van der Waals surface area contributed by atoms with Gasteiger partial charge in [0.25, 0.3) is 0 Å².